The van der Waals surface area contributed by atoms with Gasteiger partial charge in [-0.3, -0.25) is 9.59 Å². The summed E-state index contributed by atoms with van der Waals surface area (Å²) in [5.41, 5.74) is 1.57. The number of H-pyrrole nitrogens is 1. The van der Waals surface area contributed by atoms with Gasteiger partial charge in [0.1, 0.15) is 5.69 Å². The van der Waals surface area contributed by atoms with Crippen LogP contribution < -0.4 is 5.56 Å². The molecule has 0 radical (unpaired) electrons. The summed E-state index contributed by atoms with van der Waals surface area (Å²) in [5, 5.41) is 3.81. The van der Waals surface area contributed by atoms with Crippen molar-refractivity contribution in [2.45, 2.75) is 32.1 Å². The highest BCUT2D eigenvalue weighted by molar-refractivity contribution is 5.77. The molecule has 0 spiro atoms. The Morgan fingerprint density at radius 2 is 2.19 bits per heavy atom. The van der Waals surface area contributed by atoms with Gasteiger partial charge in [-0.1, -0.05) is 17.3 Å². The maximum Gasteiger partial charge on any atom is 0.270 e. The molecule has 1 aromatic carbocycles. The van der Waals surface area contributed by atoms with Gasteiger partial charge < -0.3 is 14.4 Å². The predicted molar refractivity (Wildman–Crippen MR) is 93.7 cm³/mol. The third-order valence-corrected chi connectivity index (χ3v) is 4.68. The van der Waals surface area contributed by atoms with Crippen molar-refractivity contribution in [3.63, 3.8) is 0 Å². The number of carbonyl (C=O) groups excluding carboxylic acids is 1. The summed E-state index contributed by atoms with van der Waals surface area (Å²) in [6.07, 6.45) is 1.38. The smallest absolute Gasteiger partial charge is 0.270 e. The summed E-state index contributed by atoms with van der Waals surface area (Å²) in [7, 11) is 0. The molecular formula is C18H19N5O3. The molecule has 4 rings (SSSR count). The van der Waals surface area contributed by atoms with E-state index in [4.69, 9.17) is 4.52 Å². The van der Waals surface area contributed by atoms with Crippen LogP contribution in [0.4, 0.5) is 0 Å². The number of nitrogens with one attached hydrogen (secondary N) is 1. The highest BCUT2D eigenvalue weighted by Crippen LogP contribution is 2.26. The van der Waals surface area contributed by atoms with E-state index in [0.717, 1.165) is 11.9 Å². The SMILES string of the molecule is Cc1noc(C2CCN(C(=O)CCc3nc4ccccc4[nH]c3=O)C2)n1. The largest absolute Gasteiger partial charge is 0.342 e. The number of nitrogens with zero attached hydrogens (tertiary/aromatic N) is 4. The number of rotatable bonds is 4. The molecule has 0 saturated carbocycles. The van der Waals surface area contributed by atoms with E-state index >= 15 is 0 Å². The minimum atomic E-state index is -0.239. The second-order valence-electron chi connectivity index (χ2n) is 6.53. The van der Waals surface area contributed by atoms with Crippen molar-refractivity contribution >= 4 is 16.9 Å². The Kier molecular flexibility index (Phi) is 4.24. The molecule has 0 bridgehead atoms. The summed E-state index contributed by atoms with van der Waals surface area (Å²) in [5.74, 6) is 1.29. The minimum absolute atomic E-state index is 0.0121. The lowest BCUT2D eigenvalue weighted by atomic mass is 10.1. The number of para-hydroxylation sites is 2. The van der Waals surface area contributed by atoms with Crippen molar-refractivity contribution in [1.29, 1.82) is 0 Å². The van der Waals surface area contributed by atoms with E-state index in [9.17, 15) is 9.59 Å². The minimum Gasteiger partial charge on any atom is -0.342 e. The van der Waals surface area contributed by atoms with E-state index in [-0.39, 0.29) is 23.8 Å². The molecule has 134 valence electrons. The van der Waals surface area contributed by atoms with Crippen molar-refractivity contribution in [3.8, 4) is 0 Å². The van der Waals surface area contributed by atoms with Crippen molar-refractivity contribution < 1.29 is 9.32 Å². The highest BCUT2D eigenvalue weighted by atomic mass is 16.5. The second-order valence-corrected chi connectivity index (χ2v) is 6.53. The standard InChI is InChI=1S/C18H19N5O3/c1-11-19-18(26-22-11)12-8-9-23(10-12)16(24)7-6-15-17(25)21-14-5-3-2-4-13(14)20-15/h2-5,12H,6-10H2,1H3,(H,21,25). The molecule has 1 saturated heterocycles. The first-order valence-electron chi connectivity index (χ1n) is 8.66. The molecular weight excluding hydrogens is 334 g/mol. The van der Waals surface area contributed by atoms with Crippen molar-refractivity contribution in [2.24, 2.45) is 0 Å². The van der Waals surface area contributed by atoms with Crippen LogP contribution in [0.3, 0.4) is 0 Å². The van der Waals surface area contributed by atoms with Gasteiger partial charge >= 0.3 is 0 Å². The van der Waals surface area contributed by atoms with Gasteiger partial charge in [0.05, 0.1) is 17.0 Å². The molecule has 1 N–H and O–H groups in total. The van der Waals surface area contributed by atoms with E-state index in [1.165, 1.54) is 0 Å². The van der Waals surface area contributed by atoms with Crippen LogP contribution in [0.25, 0.3) is 11.0 Å². The molecule has 1 fully saturated rings. The van der Waals surface area contributed by atoms with E-state index in [2.05, 4.69) is 20.1 Å². The van der Waals surface area contributed by atoms with Crippen LogP contribution in [-0.2, 0) is 11.2 Å². The van der Waals surface area contributed by atoms with E-state index in [0.29, 0.717) is 42.4 Å². The molecule has 1 atom stereocenters. The molecule has 1 unspecified atom stereocenters. The number of likely N-dealkylation sites (tertiary alicyclic amines) is 1. The Hall–Kier alpha value is -3.03. The molecule has 26 heavy (non-hydrogen) atoms. The quantitative estimate of drug-likeness (QED) is 0.763. The van der Waals surface area contributed by atoms with Gasteiger partial charge in [-0.25, -0.2) is 4.98 Å². The van der Waals surface area contributed by atoms with Crippen LogP contribution in [0.2, 0.25) is 0 Å². The Morgan fingerprint density at radius 3 is 3.00 bits per heavy atom. The Balaban J connectivity index is 1.40. The number of carbonyl (C=O) groups is 1. The van der Waals surface area contributed by atoms with Gasteiger partial charge in [0, 0.05) is 25.9 Å². The first-order valence-corrected chi connectivity index (χ1v) is 8.66. The summed E-state index contributed by atoms with van der Waals surface area (Å²) in [4.78, 5) is 37.9. The van der Waals surface area contributed by atoms with Gasteiger partial charge in [0.15, 0.2) is 5.82 Å². The molecule has 2 aromatic heterocycles. The van der Waals surface area contributed by atoms with E-state index < -0.39 is 0 Å². The Labute approximate surface area is 149 Å². The topological polar surface area (TPSA) is 105 Å². The zero-order valence-electron chi connectivity index (χ0n) is 14.4. The summed E-state index contributed by atoms with van der Waals surface area (Å²) >= 11 is 0. The zero-order chi connectivity index (χ0) is 18.1. The average Bonchev–Trinajstić information content (AvgIpc) is 3.28. The lowest BCUT2D eigenvalue weighted by Crippen LogP contribution is -2.29. The first kappa shape index (κ1) is 16.4. The van der Waals surface area contributed by atoms with Crippen molar-refractivity contribution in [2.75, 3.05) is 13.1 Å². The molecule has 3 aromatic rings. The second kappa shape index (κ2) is 6.70. The Morgan fingerprint density at radius 1 is 1.35 bits per heavy atom. The molecule has 1 aliphatic rings. The zero-order valence-corrected chi connectivity index (χ0v) is 14.4. The lowest BCUT2D eigenvalue weighted by molar-refractivity contribution is -0.130. The summed E-state index contributed by atoms with van der Waals surface area (Å²) in [6.45, 7) is 3.01. The fraction of sp³-hybridized carbons (Fsp3) is 0.389. The summed E-state index contributed by atoms with van der Waals surface area (Å²) < 4.78 is 5.21. The first-order chi connectivity index (χ1) is 12.6. The molecule has 1 aliphatic heterocycles. The monoisotopic (exact) mass is 353 g/mol. The van der Waals surface area contributed by atoms with Gasteiger partial charge in [0.25, 0.3) is 5.56 Å². The number of aromatic nitrogens is 4. The fourth-order valence-corrected chi connectivity index (χ4v) is 3.29. The number of aryl methyl sites for hydroxylation is 2. The maximum atomic E-state index is 12.5. The van der Waals surface area contributed by atoms with Gasteiger partial charge in [-0.15, -0.1) is 0 Å². The maximum absolute atomic E-state index is 12.5. The van der Waals surface area contributed by atoms with Gasteiger partial charge in [-0.05, 0) is 25.5 Å². The average molecular weight is 353 g/mol. The normalized spacial score (nSPS) is 17.1. The van der Waals surface area contributed by atoms with Crippen LogP contribution in [0.15, 0.2) is 33.6 Å². The molecule has 3 heterocycles. The van der Waals surface area contributed by atoms with Crippen LogP contribution in [0.1, 0.15) is 36.2 Å². The number of benzene rings is 1. The fourth-order valence-electron chi connectivity index (χ4n) is 3.29. The number of amides is 1. The van der Waals surface area contributed by atoms with Crippen LogP contribution >= 0.6 is 0 Å². The highest BCUT2D eigenvalue weighted by Gasteiger charge is 2.30. The Bertz CT molecular complexity index is 1010. The van der Waals surface area contributed by atoms with Crippen molar-refractivity contribution in [1.82, 2.24) is 25.0 Å². The van der Waals surface area contributed by atoms with Gasteiger partial charge in [0.2, 0.25) is 11.8 Å². The third-order valence-electron chi connectivity index (χ3n) is 4.68. The molecule has 8 nitrogen and oxygen atoms in total. The number of hydrogen-bond acceptors (Lipinski definition) is 6. The van der Waals surface area contributed by atoms with Crippen LogP contribution in [-0.4, -0.2) is 44.0 Å². The lowest BCUT2D eigenvalue weighted by Gasteiger charge is -2.15. The number of aromatic amines is 1. The van der Waals surface area contributed by atoms with Crippen LogP contribution in [0.5, 0.6) is 0 Å². The van der Waals surface area contributed by atoms with Gasteiger partial charge in [-0.2, -0.15) is 4.98 Å². The number of hydrogen-bond donors (Lipinski definition) is 1. The third kappa shape index (κ3) is 3.22. The van der Waals surface area contributed by atoms with Crippen LogP contribution in [0, 0.1) is 6.92 Å². The molecule has 1 amide bonds. The van der Waals surface area contributed by atoms with E-state index in [1.54, 1.807) is 11.8 Å². The molecule has 0 aliphatic carbocycles. The predicted octanol–water partition coefficient (Wildman–Crippen LogP) is 1.56. The summed E-state index contributed by atoms with van der Waals surface area (Å²) in [6, 6.07) is 7.36. The number of fused-ring (bicyclic) bond motifs is 1. The molecule has 8 heteroatoms. The van der Waals surface area contributed by atoms with E-state index in [1.807, 2.05) is 24.3 Å². The van der Waals surface area contributed by atoms with Crippen molar-refractivity contribution in [3.05, 3.63) is 52.0 Å².